The summed E-state index contributed by atoms with van der Waals surface area (Å²) in [5.41, 5.74) is 8.13. The van der Waals surface area contributed by atoms with Crippen molar-refractivity contribution in [1.29, 1.82) is 0 Å². The Hall–Kier alpha value is -6.11. The Kier molecular flexibility index (Phi) is 15.8. The van der Waals surface area contributed by atoms with Gasteiger partial charge in [0, 0.05) is 52.6 Å². The molecular weight excluding hydrogens is 720 g/mol. The van der Waals surface area contributed by atoms with Crippen molar-refractivity contribution in [2.24, 2.45) is 5.92 Å². The number of aromatic nitrogens is 3. The van der Waals surface area contributed by atoms with Crippen molar-refractivity contribution in [2.45, 2.75) is 85.5 Å². The Morgan fingerprint density at radius 1 is 0.821 bits per heavy atom. The van der Waals surface area contributed by atoms with Gasteiger partial charge in [0.1, 0.15) is 28.6 Å². The topological polar surface area (TPSA) is 163 Å². The molecule has 0 bridgehead atoms. The van der Waals surface area contributed by atoms with E-state index in [1.807, 2.05) is 58.0 Å². The minimum absolute atomic E-state index is 0.00422. The van der Waals surface area contributed by atoms with Crippen LogP contribution in [0.25, 0.3) is 22.2 Å². The predicted octanol–water partition coefficient (Wildman–Crippen LogP) is 8.80. The Labute approximate surface area is 326 Å². The smallest absolute Gasteiger partial charge is 0.408 e. The highest BCUT2D eigenvalue weighted by Crippen LogP contribution is 2.30. The summed E-state index contributed by atoms with van der Waals surface area (Å²) in [6.07, 6.45) is 3.71. The second-order valence-electron chi connectivity index (χ2n) is 14.9. The molecule has 0 fully saturated rings. The molecule has 56 heavy (non-hydrogen) atoms. The Balaban J connectivity index is 0.000000251. The van der Waals surface area contributed by atoms with Crippen LogP contribution in [0.4, 0.5) is 19.3 Å². The van der Waals surface area contributed by atoms with Crippen LogP contribution in [0.2, 0.25) is 0 Å². The number of aldehydes is 1. The summed E-state index contributed by atoms with van der Waals surface area (Å²) in [4.78, 5) is 59.1. The number of nitrogens with zero attached hydrogens (tertiary/aromatic N) is 3. The summed E-state index contributed by atoms with van der Waals surface area (Å²) < 4.78 is 36.5. The van der Waals surface area contributed by atoms with E-state index in [1.165, 1.54) is 24.3 Å². The first-order valence-electron chi connectivity index (χ1n) is 17.9. The summed E-state index contributed by atoms with van der Waals surface area (Å²) in [5.74, 6) is -1.46. The molecule has 0 spiro atoms. The molecular formula is C43H49F2N5O6. The van der Waals surface area contributed by atoms with Crippen molar-refractivity contribution >= 4 is 40.7 Å². The number of ketones is 1. The average Bonchev–Trinajstić information content (AvgIpc) is 3.11. The van der Waals surface area contributed by atoms with Crippen LogP contribution in [0.5, 0.6) is 0 Å². The lowest BCUT2D eigenvalue weighted by atomic mass is 9.98. The maximum Gasteiger partial charge on any atom is 0.408 e. The Bertz CT molecular complexity index is 2100. The Morgan fingerprint density at radius 3 is 2.02 bits per heavy atom. The van der Waals surface area contributed by atoms with E-state index in [2.05, 4.69) is 20.3 Å². The van der Waals surface area contributed by atoms with Gasteiger partial charge in [0.2, 0.25) is 0 Å². The van der Waals surface area contributed by atoms with Gasteiger partial charge in [-0.2, -0.15) is 0 Å². The number of alkyl carbamates (subject to hydrolysis) is 1. The first-order chi connectivity index (χ1) is 26.2. The number of anilines is 1. The highest BCUT2D eigenvalue weighted by atomic mass is 19.1. The van der Waals surface area contributed by atoms with Crippen molar-refractivity contribution in [2.75, 3.05) is 5.73 Å². The molecule has 296 valence electrons. The number of carbonyl (C=O) groups is 4. The maximum absolute atomic E-state index is 13.6. The summed E-state index contributed by atoms with van der Waals surface area (Å²) in [5, 5.41) is 3.48. The molecule has 3 heterocycles. The molecule has 1 amide bonds. The van der Waals surface area contributed by atoms with Crippen LogP contribution in [0.1, 0.15) is 89.6 Å². The van der Waals surface area contributed by atoms with E-state index >= 15 is 0 Å². The molecule has 0 aliphatic heterocycles. The zero-order chi connectivity index (χ0) is 41.6. The highest BCUT2D eigenvalue weighted by molar-refractivity contribution is 5.87. The molecule has 2 aromatic carbocycles. The lowest BCUT2D eigenvalue weighted by Crippen LogP contribution is -2.34. The molecule has 2 unspecified atom stereocenters. The van der Waals surface area contributed by atoms with Gasteiger partial charge in [0.25, 0.3) is 0 Å². The number of pyridine rings is 3. The van der Waals surface area contributed by atoms with Crippen LogP contribution in [0.15, 0.2) is 91.3 Å². The van der Waals surface area contributed by atoms with Gasteiger partial charge in [0.15, 0.2) is 6.29 Å². The van der Waals surface area contributed by atoms with Gasteiger partial charge in [-0.3, -0.25) is 24.4 Å². The molecule has 0 saturated carbocycles. The number of esters is 1. The third-order valence-electron chi connectivity index (χ3n) is 7.59. The van der Waals surface area contributed by atoms with Gasteiger partial charge in [0.05, 0.1) is 29.4 Å². The number of rotatable bonds is 9. The maximum atomic E-state index is 13.6. The molecule has 3 aromatic heterocycles. The first kappa shape index (κ1) is 44.3. The molecule has 0 radical (unpaired) electrons. The van der Waals surface area contributed by atoms with Crippen molar-refractivity contribution in [3.05, 3.63) is 120 Å². The lowest BCUT2D eigenvalue weighted by molar-refractivity contribution is -0.156. The highest BCUT2D eigenvalue weighted by Gasteiger charge is 2.23. The van der Waals surface area contributed by atoms with Crippen molar-refractivity contribution in [1.82, 2.24) is 20.3 Å². The normalized spacial score (nSPS) is 12.1. The Morgan fingerprint density at radius 2 is 1.45 bits per heavy atom. The first-order valence-corrected chi connectivity index (χ1v) is 17.9. The molecule has 11 nitrogen and oxygen atoms in total. The van der Waals surface area contributed by atoms with E-state index in [0.717, 1.165) is 17.3 Å². The minimum Gasteiger partial charge on any atom is -0.460 e. The van der Waals surface area contributed by atoms with Gasteiger partial charge in [-0.05, 0) is 115 Å². The summed E-state index contributed by atoms with van der Waals surface area (Å²) in [6.45, 7) is 14.4. The molecule has 0 aliphatic carbocycles. The molecule has 5 aromatic rings. The average molecular weight is 770 g/mol. The van der Waals surface area contributed by atoms with E-state index in [-0.39, 0.29) is 41.9 Å². The van der Waals surface area contributed by atoms with E-state index in [9.17, 15) is 28.0 Å². The van der Waals surface area contributed by atoms with Crippen LogP contribution in [0.3, 0.4) is 0 Å². The fourth-order valence-electron chi connectivity index (χ4n) is 5.02. The number of carbonyl (C=O) groups excluding carboxylic acids is 4. The second-order valence-corrected chi connectivity index (χ2v) is 14.9. The zero-order valence-corrected chi connectivity index (χ0v) is 32.9. The summed E-state index contributed by atoms with van der Waals surface area (Å²) in [6, 6.07) is 20.5. The standard InChI is InChI=1S/C21H22FN3O2.C15H21NO3.C7H6FNO/c1-13(24-20(26)27-21(2,3)4)19-16(18-7-5-6-10-23-18)12-14-11-15(22)8-9-17(14)25-19;1-11(9-14(18)19-15(2,3)4)13(17)10-12-7-5-6-8-16-12;8-6-1-2-7(9)5(3-6)4-10/h5-13H,1-4H3,(H,24,26);5-8,11H,9-10H2,1-4H3;1-4H,9H2. The van der Waals surface area contributed by atoms with E-state index in [1.54, 1.807) is 58.3 Å². The number of hydrogen-bond donors (Lipinski definition) is 2. The molecule has 0 saturated heterocycles. The number of nitrogens with two attached hydrogens (primary N) is 1. The number of hydrogen-bond acceptors (Lipinski definition) is 10. The van der Waals surface area contributed by atoms with Crippen molar-refractivity contribution in [3.63, 3.8) is 0 Å². The number of nitrogen functional groups attached to an aromatic ring is 1. The summed E-state index contributed by atoms with van der Waals surface area (Å²) in [7, 11) is 0. The van der Waals surface area contributed by atoms with Gasteiger partial charge < -0.3 is 20.5 Å². The van der Waals surface area contributed by atoms with Gasteiger partial charge >= 0.3 is 12.1 Å². The lowest BCUT2D eigenvalue weighted by Gasteiger charge is -2.23. The largest absolute Gasteiger partial charge is 0.460 e. The molecule has 3 N–H and O–H groups in total. The molecule has 2 atom stereocenters. The van der Waals surface area contributed by atoms with E-state index in [4.69, 9.17) is 15.2 Å². The van der Waals surface area contributed by atoms with Gasteiger partial charge in [-0.15, -0.1) is 0 Å². The van der Waals surface area contributed by atoms with E-state index in [0.29, 0.717) is 34.3 Å². The van der Waals surface area contributed by atoms with Crippen LogP contribution < -0.4 is 11.1 Å². The predicted molar refractivity (Wildman–Crippen MR) is 211 cm³/mol. The minimum atomic E-state index is -0.595. The van der Waals surface area contributed by atoms with Gasteiger partial charge in [-0.25, -0.2) is 18.6 Å². The molecule has 5 rings (SSSR count). The fraction of sp³-hybridized carbons (Fsp3) is 0.326. The van der Waals surface area contributed by atoms with Crippen molar-refractivity contribution < 1.29 is 37.4 Å². The molecule has 13 heteroatoms. The van der Waals surface area contributed by atoms with Crippen LogP contribution in [-0.2, 0) is 25.5 Å². The van der Waals surface area contributed by atoms with E-state index < -0.39 is 29.2 Å². The van der Waals surface area contributed by atoms with Gasteiger partial charge in [-0.1, -0.05) is 19.1 Å². The number of ether oxygens (including phenoxy) is 2. The van der Waals surface area contributed by atoms with Crippen LogP contribution >= 0.6 is 0 Å². The number of benzene rings is 2. The molecule has 0 aliphatic rings. The van der Waals surface area contributed by atoms with Crippen LogP contribution in [-0.4, -0.2) is 50.3 Å². The number of nitrogens with one attached hydrogen (secondary N) is 1. The second kappa shape index (κ2) is 20.0. The fourth-order valence-corrected chi connectivity index (χ4v) is 5.02. The SMILES string of the molecule is CC(CC(=O)OC(C)(C)C)C(=O)Cc1ccccn1.CC(NC(=O)OC(C)(C)C)c1nc2ccc(F)cc2cc1-c1ccccn1.Nc1ccc(F)cc1C=O. The summed E-state index contributed by atoms with van der Waals surface area (Å²) >= 11 is 0. The number of halogens is 2. The number of Topliss-reactive ketones (excluding diaryl/α,β-unsaturated/α-hetero) is 1. The third-order valence-corrected chi connectivity index (χ3v) is 7.59. The number of amides is 1. The third kappa shape index (κ3) is 15.0. The van der Waals surface area contributed by atoms with Crippen molar-refractivity contribution in [3.8, 4) is 11.3 Å². The quantitative estimate of drug-likeness (QED) is 0.0841. The monoisotopic (exact) mass is 769 g/mol. The zero-order valence-electron chi connectivity index (χ0n) is 32.9. The number of fused-ring (bicyclic) bond motifs is 1. The van der Waals surface area contributed by atoms with Crippen LogP contribution in [0, 0.1) is 17.6 Å².